The van der Waals surface area contributed by atoms with Crippen molar-refractivity contribution in [3.8, 4) is 0 Å². The van der Waals surface area contributed by atoms with Gasteiger partial charge in [-0.3, -0.25) is 0 Å². The Morgan fingerprint density at radius 1 is 0.660 bits per heavy atom. The van der Waals surface area contributed by atoms with E-state index in [0.717, 1.165) is 36.8 Å². The lowest BCUT2D eigenvalue weighted by Gasteiger charge is -2.48. The normalized spacial score (nSPS) is 40.9. The van der Waals surface area contributed by atoms with Crippen LogP contribution in [0.3, 0.4) is 0 Å². The van der Waals surface area contributed by atoms with Crippen molar-refractivity contribution in [3.63, 3.8) is 0 Å². The molecule has 272 valence electrons. The third kappa shape index (κ3) is 11.1. The number of ether oxygens (including phenoxy) is 6. The summed E-state index contributed by atoms with van der Waals surface area (Å²) in [7, 11) is 0. The molecule has 0 saturated carbocycles. The molecule has 47 heavy (non-hydrogen) atoms. The van der Waals surface area contributed by atoms with Crippen LogP contribution in [0.25, 0.3) is 0 Å². The molecule has 0 aromatic carbocycles. The van der Waals surface area contributed by atoms with Crippen molar-refractivity contribution in [2.24, 2.45) is 0 Å². The molecule has 0 bridgehead atoms. The van der Waals surface area contributed by atoms with Gasteiger partial charge in [0.15, 0.2) is 18.9 Å². The second kappa shape index (κ2) is 19.1. The average Bonchev–Trinajstić information content (AvgIpc) is 3.04. The molecule has 3 aliphatic rings. The first-order valence-electron chi connectivity index (χ1n) is 16.1. The molecule has 0 amide bonds. The second-order valence-corrected chi connectivity index (χ2v) is 12.6. The standard InChI is InChI=1S/C32H54O15/c1-16(8-6-10-18(3)13-33)7-5-9-17(2)11-12-42-32-29(47-31-27(41)25(39)22(36)19(4)44-31)28(24(38)21(14-34)45-32)46-30-26(40)23(37)20(35)15-43-30/h7,10-11,19-41H,5-6,8-9,12-15H2,1-4H3/b16-7+,17-11+,18-10+/t19-,20-,21+,22-,23-,24+,25+,26+,27+,28-,29+,30+,31-,32+/m0/s1. The van der Waals surface area contributed by atoms with Gasteiger partial charge in [-0.15, -0.1) is 0 Å². The largest absolute Gasteiger partial charge is 0.394 e. The average molecular weight is 679 g/mol. The maximum Gasteiger partial charge on any atom is 0.187 e. The van der Waals surface area contributed by atoms with Gasteiger partial charge in [-0.1, -0.05) is 34.9 Å². The van der Waals surface area contributed by atoms with Crippen LogP contribution >= 0.6 is 0 Å². The van der Waals surface area contributed by atoms with Gasteiger partial charge in [0.2, 0.25) is 0 Å². The molecule has 0 aliphatic carbocycles. The minimum absolute atomic E-state index is 0.00449. The van der Waals surface area contributed by atoms with Crippen LogP contribution < -0.4 is 0 Å². The van der Waals surface area contributed by atoms with Crippen molar-refractivity contribution in [1.82, 2.24) is 0 Å². The quantitative estimate of drug-likeness (QED) is 0.0897. The summed E-state index contributed by atoms with van der Waals surface area (Å²) in [4.78, 5) is 0. The minimum atomic E-state index is -1.72. The van der Waals surface area contributed by atoms with Crippen LogP contribution in [0.2, 0.25) is 0 Å². The van der Waals surface area contributed by atoms with E-state index in [2.05, 4.69) is 13.0 Å². The lowest BCUT2D eigenvalue weighted by molar-refractivity contribution is -0.385. The Morgan fingerprint density at radius 2 is 1.26 bits per heavy atom. The fourth-order valence-electron chi connectivity index (χ4n) is 5.46. The molecule has 15 heteroatoms. The number of aliphatic hydroxyl groups is 9. The Labute approximate surface area is 275 Å². The van der Waals surface area contributed by atoms with Crippen LogP contribution in [0, 0.1) is 0 Å². The van der Waals surface area contributed by atoms with Crippen molar-refractivity contribution >= 4 is 0 Å². The Balaban J connectivity index is 1.74. The Morgan fingerprint density at radius 3 is 1.89 bits per heavy atom. The molecule has 15 nitrogen and oxygen atoms in total. The summed E-state index contributed by atoms with van der Waals surface area (Å²) >= 11 is 0. The van der Waals surface area contributed by atoms with E-state index in [9.17, 15) is 40.9 Å². The van der Waals surface area contributed by atoms with Crippen LogP contribution in [0.1, 0.15) is 53.4 Å². The van der Waals surface area contributed by atoms with Gasteiger partial charge in [0.25, 0.3) is 0 Å². The lowest BCUT2D eigenvalue weighted by atomic mass is 9.97. The first-order chi connectivity index (χ1) is 22.3. The number of rotatable bonds is 15. The number of aliphatic hydroxyl groups excluding tert-OH is 9. The van der Waals surface area contributed by atoms with Crippen LogP contribution in [0.15, 0.2) is 34.9 Å². The van der Waals surface area contributed by atoms with Gasteiger partial charge < -0.3 is 74.4 Å². The molecule has 3 saturated heterocycles. The smallest absolute Gasteiger partial charge is 0.187 e. The Bertz CT molecular complexity index is 1040. The van der Waals surface area contributed by atoms with E-state index in [-0.39, 0.29) is 19.8 Å². The van der Waals surface area contributed by atoms with Crippen molar-refractivity contribution in [3.05, 3.63) is 34.9 Å². The second-order valence-electron chi connectivity index (χ2n) is 12.6. The Kier molecular flexibility index (Phi) is 16.3. The van der Waals surface area contributed by atoms with Gasteiger partial charge in [-0.25, -0.2) is 0 Å². The Hall–Kier alpha value is -1.38. The predicted octanol–water partition coefficient (Wildman–Crippen LogP) is -1.49. The van der Waals surface area contributed by atoms with E-state index in [1.54, 1.807) is 0 Å². The topological polar surface area (TPSA) is 237 Å². The SMILES string of the molecule is C/C(=C\CC/C(C)=C/CC/C(C)=C/CO[C@@H]1O[C@H](CO)[C@@H](O)[C@H](O[C@H]2OC[C@H](O)[C@H](O)[C@H]2O)[C@H]1O[C@@H]1O[C@@H](C)[C@H](O)[C@@H](O)[C@H]1O)CO. The van der Waals surface area contributed by atoms with Gasteiger partial charge >= 0.3 is 0 Å². The minimum Gasteiger partial charge on any atom is -0.394 e. The van der Waals surface area contributed by atoms with Crippen LogP contribution in [0.4, 0.5) is 0 Å². The molecular formula is C32H54O15. The summed E-state index contributed by atoms with van der Waals surface area (Å²) in [5.74, 6) is 0. The molecule has 0 unspecified atom stereocenters. The molecule has 3 heterocycles. The number of allylic oxidation sites excluding steroid dienone is 4. The molecule has 9 N–H and O–H groups in total. The van der Waals surface area contributed by atoms with Crippen molar-refractivity contribution in [1.29, 1.82) is 0 Å². The zero-order valence-corrected chi connectivity index (χ0v) is 27.4. The summed E-state index contributed by atoms with van der Waals surface area (Å²) in [5.41, 5.74) is 3.18. The third-order valence-corrected chi connectivity index (χ3v) is 8.65. The molecule has 0 spiro atoms. The molecule has 3 fully saturated rings. The first kappa shape index (κ1) is 40.1. The van der Waals surface area contributed by atoms with E-state index in [0.29, 0.717) is 0 Å². The summed E-state index contributed by atoms with van der Waals surface area (Å²) < 4.78 is 34.6. The van der Waals surface area contributed by atoms with E-state index >= 15 is 0 Å². The molecule has 0 aromatic rings. The van der Waals surface area contributed by atoms with Gasteiger partial charge in [0, 0.05) is 0 Å². The highest BCUT2D eigenvalue weighted by atomic mass is 16.8. The molecule has 3 aliphatic heterocycles. The highest BCUT2D eigenvalue weighted by Gasteiger charge is 2.53. The van der Waals surface area contributed by atoms with Gasteiger partial charge in [-0.05, 0) is 53.4 Å². The van der Waals surface area contributed by atoms with Crippen LogP contribution in [0.5, 0.6) is 0 Å². The van der Waals surface area contributed by atoms with Crippen LogP contribution in [-0.4, -0.2) is 158 Å². The molecule has 3 rings (SSSR count). The van der Waals surface area contributed by atoms with Crippen molar-refractivity contribution in [2.45, 2.75) is 139 Å². The summed E-state index contributed by atoms with van der Waals surface area (Å²) in [5, 5.41) is 91.9. The van der Waals surface area contributed by atoms with Gasteiger partial charge in [0.05, 0.1) is 32.5 Å². The summed E-state index contributed by atoms with van der Waals surface area (Å²) in [6.07, 6.45) is -11.4. The summed E-state index contributed by atoms with van der Waals surface area (Å²) in [6, 6.07) is 0. The first-order valence-corrected chi connectivity index (χ1v) is 16.1. The van der Waals surface area contributed by atoms with Crippen LogP contribution in [-0.2, 0) is 28.4 Å². The highest BCUT2D eigenvalue weighted by molar-refractivity contribution is 5.06. The molecule has 0 radical (unpaired) electrons. The van der Waals surface area contributed by atoms with Crippen molar-refractivity contribution in [2.75, 3.05) is 26.4 Å². The third-order valence-electron chi connectivity index (χ3n) is 8.65. The number of hydrogen-bond donors (Lipinski definition) is 9. The zero-order chi connectivity index (χ0) is 34.8. The monoisotopic (exact) mass is 678 g/mol. The van der Waals surface area contributed by atoms with E-state index in [1.165, 1.54) is 12.5 Å². The van der Waals surface area contributed by atoms with E-state index in [4.69, 9.17) is 33.5 Å². The molecule has 0 aromatic heterocycles. The number of hydrogen-bond acceptors (Lipinski definition) is 15. The predicted molar refractivity (Wildman–Crippen MR) is 164 cm³/mol. The molecular weight excluding hydrogens is 624 g/mol. The lowest BCUT2D eigenvalue weighted by Crippen LogP contribution is -2.66. The maximum absolute atomic E-state index is 11.1. The summed E-state index contributed by atoms with van der Waals surface area (Å²) in [6.45, 7) is 6.35. The molecule has 14 atom stereocenters. The van der Waals surface area contributed by atoms with Gasteiger partial charge in [0.1, 0.15) is 61.0 Å². The maximum atomic E-state index is 11.1. The van der Waals surface area contributed by atoms with E-state index < -0.39 is 92.6 Å². The zero-order valence-electron chi connectivity index (χ0n) is 27.4. The van der Waals surface area contributed by atoms with Gasteiger partial charge in [-0.2, -0.15) is 0 Å². The fourth-order valence-corrected chi connectivity index (χ4v) is 5.46. The van der Waals surface area contributed by atoms with Crippen molar-refractivity contribution < 1.29 is 74.4 Å². The fraction of sp³-hybridized carbons (Fsp3) is 0.812. The van der Waals surface area contributed by atoms with E-state index in [1.807, 2.05) is 26.0 Å². The highest BCUT2D eigenvalue weighted by Crippen LogP contribution is 2.33.